The maximum Gasteiger partial charge on any atom is 0.135 e. The van der Waals surface area contributed by atoms with E-state index in [1.807, 2.05) is 40.9 Å². The van der Waals surface area contributed by atoms with Crippen LogP contribution in [0.15, 0.2) is 192 Å². The number of thiophene rings is 2. The fourth-order valence-corrected chi connectivity index (χ4v) is 9.94. The fraction of sp³-hybridized carbons (Fsp3) is 0. The molecule has 2 nitrogen and oxygen atoms in total. The van der Waals surface area contributed by atoms with Gasteiger partial charge in [0.2, 0.25) is 0 Å². The summed E-state index contributed by atoms with van der Waals surface area (Å²) in [6.07, 6.45) is 0. The molecular weight excluding hydrogens is 695 g/mol. The molecule has 0 aliphatic carbocycles. The molecule has 0 aliphatic heterocycles. The molecule has 8 aromatic carbocycles. The maximum atomic E-state index is 6.21. The molecule has 0 saturated heterocycles. The summed E-state index contributed by atoms with van der Waals surface area (Å²) in [5, 5.41) is 6.38. The lowest BCUT2D eigenvalue weighted by molar-refractivity contribution is 0.631. The predicted octanol–water partition coefficient (Wildman–Crippen LogP) is 15.6. The SMILES string of the molecule is c1ccc2oc(-c3ccc(N(c4ccc(-c5ccc6sc7ccccc7c6c5)cc4)c4ccc(-c5ccc6sc7ccccc7c6c5)cc4)cc3)cc2c1. The van der Waals surface area contributed by atoms with Crippen molar-refractivity contribution in [2.75, 3.05) is 4.90 Å². The van der Waals surface area contributed by atoms with E-state index in [-0.39, 0.29) is 0 Å². The molecule has 254 valence electrons. The van der Waals surface area contributed by atoms with Gasteiger partial charge in [-0.15, -0.1) is 22.7 Å². The molecule has 0 spiro atoms. The van der Waals surface area contributed by atoms with Crippen molar-refractivity contribution in [3.8, 4) is 33.6 Å². The smallest absolute Gasteiger partial charge is 0.135 e. The van der Waals surface area contributed by atoms with E-state index in [0.717, 1.165) is 39.4 Å². The minimum Gasteiger partial charge on any atom is -0.456 e. The van der Waals surface area contributed by atoms with Crippen LogP contribution in [0.5, 0.6) is 0 Å². The number of furan rings is 1. The van der Waals surface area contributed by atoms with Crippen molar-refractivity contribution in [1.82, 2.24) is 0 Å². The Morgan fingerprint density at radius 2 is 0.759 bits per heavy atom. The first-order valence-electron chi connectivity index (χ1n) is 18.1. The van der Waals surface area contributed by atoms with Crippen LogP contribution in [-0.2, 0) is 0 Å². The number of para-hydroxylation sites is 1. The Bertz CT molecular complexity index is 2960. The third-order valence-electron chi connectivity index (χ3n) is 10.5. The molecule has 0 N–H and O–H groups in total. The van der Waals surface area contributed by atoms with Gasteiger partial charge in [0.25, 0.3) is 0 Å². The van der Waals surface area contributed by atoms with Gasteiger partial charge in [-0.1, -0.05) is 91.0 Å². The zero-order chi connectivity index (χ0) is 35.6. The highest BCUT2D eigenvalue weighted by Crippen LogP contribution is 2.41. The molecule has 0 radical (unpaired) electrons. The summed E-state index contributed by atoms with van der Waals surface area (Å²) in [4.78, 5) is 2.33. The summed E-state index contributed by atoms with van der Waals surface area (Å²) in [6, 6.07) is 68.0. The molecule has 54 heavy (non-hydrogen) atoms. The van der Waals surface area contributed by atoms with Gasteiger partial charge in [0, 0.05) is 68.4 Å². The van der Waals surface area contributed by atoms with Gasteiger partial charge in [0.15, 0.2) is 0 Å². The van der Waals surface area contributed by atoms with Crippen LogP contribution in [0.4, 0.5) is 17.1 Å². The van der Waals surface area contributed by atoms with E-state index >= 15 is 0 Å². The van der Waals surface area contributed by atoms with Crippen molar-refractivity contribution >= 4 is 91.0 Å². The molecule has 3 heterocycles. The fourth-order valence-electron chi connectivity index (χ4n) is 7.76. The Kier molecular flexibility index (Phi) is 7.25. The molecule has 0 fully saturated rings. The van der Waals surface area contributed by atoms with Crippen LogP contribution in [0, 0.1) is 0 Å². The molecule has 0 atom stereocenters. The zero-order valence-electron chi connectivity index (χ0n) is 29.1. The number of rotatable bonds is 6. The summed E-state index contributed by atoms with van der Waals surface area (Å²) in [5.41, 5.74) is 10.0. The van der Waals surface area contributed by atoms with Crippen molar-refractivity contribution in [2.24, 2.45) is 0 Å². The van der Waals surface area contributed by atoms with E-state index in [9.17, 15) is 0 Å². The Balaban J connectivity index is 0.970. The van der Waals surface area contributed by atoms with Gasteiger partial charge in [-0.05, 0) is 119 Å². The van der Waals surface area contributed by atoms with Gasteiger partial charge in [0.1, 0.15) is 11.3 Å². The Morgan fingerprint density at radius 3 is 1.28 bits per heavy atom. The van der Waals surface area contributed by atoms with Crippen LogP contribution in [-0.4, -0.2) is 0 Å². The van der Waals surface area contributed by atoms with E-state index in [0.29, 0.717) is 0 Å². The molecule has 0 aliphatic rings. The van der Waals surface area contributed by atoms with Crippen molar-refractivity contribution in [3.05, 3.63) is 188 Å². The number of nitrogens with zero attached hydrogens (tertiary/aromatic N) is 1. The van der Waals surface area contributed by atoms with Crippen LogP contribution < -0.4 is 4.90 Å². The Labute approximate surface area is 320 Å². The first-order valence-corrected chi connectivity index (χ1v) is 19.8. The van der Waals surface area contributed by atoms with Gasteiger partial charge in [0.05, 0.1) is 0 Å². The maximum absolute atomic E-state index is 6.21. The molecule has 0 bridgehead atoms. The largest absolute Gasteiger partial charge is 0.456 e. The number of fused-ring (bicyclic) bond motifs is 7. The lowest BCUT2D eigenvalue weighted by atomic mass is 10.0. The first-order chi connectivity index (χ1) is 26.7. The molecule has 11 rings (SSSR count). The third kappa shape index (κ3) is 5.30. The highest BCUT2D eigenvalue weighted by molar-refractivity contribution is 7.26. The molecule has 0 saturated carbocycles. The Morgan fingerprint density at radius 1 is 0.333 bits per heavy atom. The summed E-state index contributed by atoms with van der Waals surface area (Å²) in [7, 11) is 0. The van der Waals surface area contributed by atoms with E-state index in [1.165, 1.54) is 62.6 Å². The number of benzene rings is 8. The molecule has 4 heteroatoms. The highest BCUT2D eigenvalue weighted by atomic mass is 32.1. The lowest BCUT2D eigenvalue weighted by Crippen LogP contribution is -2.09. The number of hydrogen-bond donors (Lipinski definition) is 0. The predicted molar refractivity (Wildman–Crippen MR) is 233 cm³/mol. The topological polar surface area (TPSA) is 16.4 Å². The lowest BCUT2D eigenvalue weighted by Gasteiger charge is -2.26. The second-order valence-electron chi connectivity index (χ2n) is 13.7. The Hall–Kier alpha value is -6.46. The third-order valence-corrected chi connectivity index (χ3v) is 12.8. The van der Waals surface area contributed by atoms with Crippen LogP contribution in [0.2, 0.25) is 0 Å². The highest BCUT2D eigenvalue weighted by Gasteiger charge is 2.16. The quantitative estimate of drug-likeness (QED) is 0.170. The minimum atomic E-state index is 0.869. The van der Waals surface area contributed by atoms with E-state index in [4.69, 9.17) is 4.42 Å². The second kappa shape index (κ2) is 12.6. The average Bonchev–Trinajstić information content (AvgIpc) is 3.95. The van der Waals surface area contributed by atoms with Gasteiger partial charge in [-0.2, -0.15) is 0 Å². The van der Waals surface area contributed by atoms with Crippen LogP contribution in [0.1, 0.15) is 0 Å². The zero-order valence-corrected chi connectivity index (χ0v) is 30.7. The average molecular weight is 726 g/mol. The number of anilines is 3. The summed E-state index contributed by atoms with van der Waals surface area (Å²) >= 11 is 3.71. The van der Waals surface area contributed by atoms with Gasteiger partial charge in [-0.3, -0.25) is 0 Å². The first kappa shape index (κ1) is 31.1. The summed E-state index contributed by atoms with van der Waals surface area (Å²) < 4.78 is 11.5. The normalized spacial score (nSPS) is 11.7. The second-order valence-corrected chi connectivity index (χ2v) is 15.9. The monoisotopic (exact) mass is 725 g/mol. The van der Waals surface area contributed by atoms with Crippen LogP contribution >= 0.6 is 22.7 Å². The van der Waals surface area contributed by atoms with Crippen LogP contribution in [0.3, 0.4) is 0 Å². The van der Waals surface area contributed by atoms with Gasteiger partial charge < -0.3 is 9.32 Å². The minimum absolute atomic E-state index is 0.869. The van der Waals surface area contributed by atoms with Gasteiger partial charge in [-0.25, -0.2) is 0 Å². The molecular formula is C50H31NOS2. The summed E-state index contributed by atoms with van der Waals surface area (Å²) in [6.45, 7) is 0. The number of hydrogen-bond acceptors (Lipinski definition) is 4. The van der Waals surface area contributed by atoms with Crippen molar-refractivity contribution in [1.29, 1.82) is 0 Å². The standard InChI is InChI=1S/C50H31NOS2/c1-4-10-45-37(7-1)31-46(52-45)34-17-25-40(26-18-34)51(38-21-13-32(14-22-38)35-19-27-49-43(29-35)41-8-2-5-11-47(41)53-49)39-23-15-33(16-24-39)36-20-28-50-44(30-36)42-9-3-6-12-48(42)54-50/h1-31H. The van der Waals surface area contributed by atoms with Crippen molar-refractivity contribution in [3.63, 3.8) is 0 Å². The molecule has 0 amide bonds. The van der Waals surface area contributed by atoms with E-state index in [2.05, 4.69) is 175 Å². The van der Waals surface area contributed by atoms with Crippen LogP contribution in [0.25, 0.3) is 84.9 Å². The molecule has 11 aromatic rings. The molecule has 3 aromatic heterocycles. The summed E-state index contributed by atoms with van der Waals surface area (Å²) in [5.74, 6) is 0.869. The van der Waals surface area contributed by atoms with Crippen molar-refractivity contribution < 1.29 is 4.42 Å². The van der Waals surface area contributed by atoms with Gasteiger partial charge >= 0.3 is 0 Å². The van der Waals surface area contributed by atoms with Crippen molar-refractivity contribution in [2.45, 2.75) is 0 Å². The molecule has 0 unspecified atom stereocenters. The van der Waals surface area contributed by atoms with E-state index in [1.54, 1.807) is 0 Å². The van der Waals surface area contributed by atoms with E-state index < -0.39 is 0 Å².